The van der Waals surface area contributed by atoms with Crippen molar-refractivity contribution in [3.05, 3.63) is 54.1 Å². The zero-order valence-corrected chi connectivity index (χ0v) is 13.4. The molecule has 1 N–H and O–H groups in total. The standard InChI is InChI=1S/C18H21NO4/c1-21-16-9-8-14(17(12-16)22-2)10-11-19-18(20)13-23-15-6-4-3-5-7-15/h3-9,12H,10-11,13H2,1-2H3,(H,19,20). The molecule has 0 bridgehead atoms. The van der Waals surface area contributed by atoms with Gasteiger partial charge in [0.2, 0.25) is 0 Å². The highest BCUT2D eigenvalue weighted by molar-refractivity contribution is 5.77. The lowest BCUT2D eigenvalue weighted by atomic mass is 10.1. The minimum absolute atomic E-state index is 0.00373. The minimum atomic E-state index is -0.152. The molecule has 5 heteroatoms. The van der Waals surface area contributed by atoms with E-state index >= 15 is 0 Å². The zero-order valence-electron chi connectivity index (χ0n) is 13.4. The molecular formula is C18H21NO4. The van der Waals surface area contributed by atoms with Crippen LogP contribution in [0.15, 0.2) is 48.5 Å². The lowest BCUT2D eigenvalue weighted by molar-refractivity contribution is -0.123. The monoisotopic (exact) mass is 315 g/mol. The number of hydrogen-bond donors (Lipinski definition) is 1. The molecule has 2 aromatic carbocycles. The first-order valence-electron chi connectivity index (χ1n) is 7.38. The van der Waals surface area contributed by atoms with E-state index in [0.29, 0.717) is 18.7 Å². The molecule has 0 saturated heterocycles. The highest BCUT2D eigenvalue weighted by atomic mass is 16.5. The average molecular weight is 315 g/mol. The molecule has 0 aliphatic rings. The van der Waals surface area contributed by atoms with E-state index in [2.05, 4.69) is 5.32 Å². The van der Waals surface area contributed by atoms with Crippen LogP contribution < -0.4 is 19.5 Å². The predicted molar refractivity (Wildman–Crippen MR) is 88.2 cm³/mol. The Morgan fingerprint density at radius 1 is 1.00 bits per heavy atom. The fourth-order valence-corrected chi connectivity index (χ4v) is 2.11. The van der Waals surface area contributed by atoms with E-state index in [4.69, 9.17) is 14.2 Å². The first kappa shape index (κ1) is 16.7. The molecule has 0 fully saturated rings. The Morgan fingerprint density at radius 2 is 1.78 bits per heavy atom. The number of nitrogens with one attached hydrogen (secondary N) is 1. The van der Waals surface area contributed by atoms with E-state index in [1.54, 1.807) is 14.2 Å². The molecule has 0 heterocycles. The van der Waals surface area contributed by atoms with Gasteiger partial charge in [0, 0.05) is 12.6 Å². The molecule has 0 atom stereocenters. The van der Waals surface area contributed by atoms with Gasteiger partial charge in [0.15, 0.2) is 6.61 Å². The fraction of sp³-hybridized carbons (Fsp3) is 0.278. The molecule has 0 unspecified atom stereocenters. The highest BCUT2D eigenvalue weighted by Gasteiger charge is 2.07. The van der Waals surface area contributed by atoms with Gasteiger partial charge in [-0.1, -0.05) is 24.3 Å². The minimum Gasteiger partial charge on any atom is -0.497 e. The van der Waals surface area contributed by atoms with Crippen LogP contribution in [0.1, 0.15) is 5.56 Å². The molecule has 2 aromatic rings. The van der Waals surface area contributed by atoms with Crippen LogP contribution in [0.2, 0.25) is 0 Å². The van der Waals surface area contributed by atoms with Crippen molar-refractivity contribution in [2.45, 2.75) is 6.42 Å². The second kappa shape index (κ2) is 8.68. The Kier molecular flexibility index (Phi) is 6.29. The molecule has 0 saturated carbocycles. The summed E-state index contributed by atoms with van der Waals surface area (Å²) in [5.41, 5.74) is 1.01. The number of amides is 1. The molecule has 5 nitrogen and oxygen atoms in total. The van der Waals surface area contributed by atoms with Crippen LogP contribution in [-0.2, 0) is 11.2 Å². The van der Waals surface area contributed by atoms with Gasteiger partial charge in [-0.05, 0) is 30.2 Å². The van der Waals surface area contributed by atoms with Gasteiger partial charge < -0.3 is 19.5 Å². The maximum absolute atomic E-state index is 11.8. The average Bonchev–Trinajstić information content (AvgIpc) is 2.61. The Balaban J connectivity index is 1.77. The first-order valence-corrected chi connectivity index (χ1v) is 7.38. The highest BCUT2D eigenvalue weighted by Crippen LogP contribution is 2.24. The van der Waals surface area contributed by atoms with Crippen molar-refractivity contribution >= 4 is 5.91 Å². The van der Waals surface area contributed by atoms with Gasteiger partial charge in [0.05, 0.1) is 14.2 Å². The van der Waals surface area contributed by atoms with Crippen LogP contribution in [0.3, 0.4) is 0 Å². The number of rotatable bonds is 8. The van der Waals surface area contributed by atoms with Gasteiger partial charge in [-0.15, -0.1) is 0 Å². The van der Waals surface area contributed by atoms with Crippen LogP contribution in [-0.4, -0.2) is 33.3 Å². The first-order chi connectivity index (χ1) is 11.2. The van der Waals surface area contributed by atoms with E-state index in [0.717, 1.165) is 17.1 Å². The van der Waals surface area contributed by atoms with Gasteiger partial charge in [-0.3, -0.25) is 4.79 Å². The summed E-state index contributed by atoms with van der Waals surface area (Å²) in [5.74, 6) is 2.02. The van der Waals surface area contributed by atoms with Crippen molar-refractivity contribution in [3.63, 3.8) is 0 Å². The van der Waals surface area contributed by atoms with Crippen molar-refractivity contribution < 1.29 is 19.0 Å². The van der Waals surface area contributed by atoms with Crippen molar-refractivity contribution in [3.8, 4) is 17.2 Å². The third-order valence-corrected chi connectivity index (χ3v) is 3.32. The number of benzene rings is 2. The SMILES string of the molecule is COc1ccc(CCNC(=O)COc2ccccc2)c(OC)c1. The van der Waals surface area contributed by atoms with Crippen molar-refractivity contribution in [1.29, 1.82) is 0 Å². The molecule has 2 rings (SSSR count). The van der Waals surface area contributed by atoms with Crippen molar-refractivity contribution in [2.75, 3.05) is 27.4 Å². The summed E-state index contributed by atoms with van der Waals surface area (Å²) >= 11 is 0. The molecule has 0 aliphatic heterocycles. The van der Waals surface area contributed by atoms with Gasteiger partial charge in [0.1, 0.15) is 17.2 Å². The second-order valence-electron chi connectivity index (χ2n) is 4.88. The zero-order chi connectivity index (χ0) is 16.5. The number of carbonyl (C=O) groups excluding carboxylic acids is 1. The normalized spacial score (nSPS) is 10.0. The topological polar surface area (TPSA) is 56.8 Å². The van der Waals surface area contributed by atoms with Crippen molar-refractivity contribution in [2.24, 2.45) is 0 Å². The summed E-state index contributed by atoms with van der Waals surface area (Å²) in [6, 6.07) is 14.9. The lowest BCUT2D eigenvalue weighted by Crippen LogP contribution is -2.30. The van der Waals surface area contributed by atoms with Crippen LogP contribution in [0.5, 0.6) is 17.2 Å². The largest absolute Gasteiger partial charge is 0.497 e. The third-order valence-electron chi connectivity index (χ3n) is 3.32. The maximum atomic E-state index is 11.8. The number of carbonyl (C=O) groups is 1. The molecule has 0 radical (unpaired) electrons. The maximum Gasteiger partial charge on any atom is 0.257 e. The van der Waals surface area contributed by atoms with Crippen LogP contribution in [0, 0.1) is 0 Å². The molecule has 1 amide bonds. The Morgan fingerprint density at radius 3 is 2.48 bits per heavy atom. The van der Waals surface area contributed by atoms with Gasteiger partial charge in [-0.25, -0.2) is 0 Å². The number of methoxy groups -OCH3 is 2. The second-order valence-corrected chi connectivity index (χ2v) is 4.88. The van der Waals surface area contributed by atoms with E-state index in [-0.39, 0.29) is 12.5 Å². The summed E-state index contributed by atoms with van der Waals surface area (Å²) in [6.45, 7) is 0.517. The molecule has 0 aromatic heterocycles. The molecule has 122 valence electrons. The summed E-state index contributed by atoms with van der Waals surface area (Å²) in [5, 5.41) is 2.83. The van der Waals surface area contributed by atoms with Crippen LogP contribution in [0.4, 0.5) is 0 Å². The Hall–Kier alpha value is -2.69. The summed E-state index contributed by atoms with van der Waals surface area (Å²) in [7, 11) is 3.23. The van der Waals surface area contributed by atoms with Crippen molar-refractivity contribution in [1.82, 2.24) is 5.32 Å². The smallest absolute Gasteiger partial charge is 0.257 e. The summed E-state index contributed by atoms with van der Waals surface area (Å²) in [4.78, 5) is 11.8. The third kappa shape index (κ3) is 5.21. The number of para-hydroxylation sites is 1. The van der Waals surface area contributed by atoms with Crippen LogP contribution >= 0.6 is 0 Å². The van der Waals surface area contributed by atoms with Crippen LogP contribution in [0.25, 0.3) is 0 Å². The summed E-state index contributed by atoms with van der Waals surface area (Å²) in [6.07, 6.45) is 0.671. The van der Waals surface area contributed by atoms with E-state index in [1.807, 2.05) is 48.5 Å². The van der Waals surface area contributed by atoms with E-state index in [1.165, 1.54) is 0 Å². The van der Waals surface area contributed by atoms with Gasteiger partial charge in [0.25, 0.3) is 5.91 Å². The Bertz CT molecular complexity index is 628. The molecule has 0 aliphatic carbocycles. The van der Waals surface area contributed by atoms with Gasteiger partial charge >= 0.3 is 0 Å². The van der Waals surface area contributed by atoms with Gasteiger partial charge in [-0.2, -0.15) is 0 Å². The quantitative estimate of drug-likeness (QED) is 0.813. The molecular weight excluding hydrogens is 294 g/mol. The summed E-state index contributed by atoms with van der Waals surface area (Å²) < 4.78 is 15.9. The fourth-order valence-electron chi connectivity index (χ4n) is 2.11. The molecule has 0 spiro atoms. The number of ether oxygens (including phenoxy) is 3. The predicted octanol–water partition coefficient (Wildman–Crippen LogP) is 2.44. The molecule has 23 heavy (non-hydrogen) atoms. The lowest BCUT2D eigenvalue weighted by Gasteiger charge is -2.11. The Labute approximate surface area is 136 Å². The van der Waals surface area contributed by atoms with E-state index < -0.39 is 0 Å². The number of hydrogen-bond acceptors (Lipinski definition) is 4. The van der Waals surface area contributed by atoms with E-state index in [9.17, 15) is 4.79 Å².